The number of hydrogen-bond acceptors (Lipinski definition) is 0. The third kappa shape index (κ3) is 7.31. The first-order valence-electron chi connectivity index (χ1n) is 18.6. The van der Waals surface area contributed by atoms with Gasteiger partial charge in [0.05, 0.1) is 0 Å². The van der Waals surface area contributed by atoms with Crippen LogP contribution in [0.4, 0.5) is 0 Å². The second kappa shape index (κ2) is 17.3. The molecule has 0 spiro atoms. The van der Waals surface area contributed by atoms with Gasteiger partial charge in [0, 0.05) is 21.2 Å². The van der Waals surface area contributed by atoms with E-state index in [2.05, 4.69) is 243 Å². The third-order valence-electron chi connectivity index (χ3n) is 10.2. The lowest BCUT2D eigenvalue weighted by Crippen LogP contribution is -2.35. The van der Waals surface area contributed by atoms with Gasteiger partial charge in [0.15, 0.2) is 0 Å². The largest absolute Gasteiger partial charge is 0.129 e. The number of rotatable bonds is 13. The van der Waals surface area contributed by atoms with E-state index in [0.717, 1.165) is 12.3 Å². The van der Waals surface area contributed by atoms with E-state index in [-0.39, 0.29) is 0 Å². The topological polar surface area (TPSA) is 0 Å². The van der Waals surface area contributed by atoms with Gasteiger partial charge in [-0.25, -0.2) is 0 Å². The summed E-state index contributed by atoms with van der Waals surface area (Å²) in [5.41, 5.74) is 0. The molecular weight excluding hydrogens is 724 g/mol. The van der Waals surface area contributed by atoms with Crippen molar-refractivity contribution in [2.24, 2.45) is 0 Å². The summed E-state index contributed by atoms with van der Waals surface area (Å²) in [6.45, 7) is -4.42. The van der Waals surface area contributed by atoms with Crippen LogP contribution in [0.25, 0.3) is 0 Å². The van der Waals surface area contributed by atoms with Crippen LogP contribution in [0, 0.1) is 0 Å². The standard InChI is InChI=1S/C50H44P4/c1-9-25-43(26-10-1)51(44-27-11-2-12-28-44)53(47-33-17-5-18-34-47,48-35-19-6-20-36-48)41-42-54(49-37-21-7-22-38-49,50-39-23-8-24-40-50)52(45-29-13-3-14-30-45)46-31-15-4-16-32-46/h1-40H,41-42H2/q+2. The predicted octanol–water partition coefficient (Wildman–Crippen LogP) is 10.4. The van der Waals surface area contributed by atoms with E-state index in [0.29, 0.717) is 0 Å². The van der Waals surface area contributed by atoms with E-state index in [9.17, 15) is 0 Å². The van der Waals surface area contributed by atoms with Gasteiger partial charge in [-0.05, 0) is 48.5 Å². The predicted molar refractivity (Wildman–Crippen MR) is 246 cm³/mol. The Balaban J connectivity index is 1.46. The summed E-state index contributed by atoms with van der Waals surface area (Å²) in [5.74, 6) is 0. The van der Waals surface area contributed by atoms with E-state index in [1.165, 1.54) is 42.4 Å². The van der Waals surface area contributed by atoms with Crippen molar-refractivity contribution in [3.05, 3.63) is 243 Å². The molecule has 0 N–H and O–H groups in total. The van der Waals surface area contributed by atoms with Crippen LogP contribution in [0.3, 0.4) is 0 Å². The molecule has 0 aliphatic rings. The SMILES string of the molecule is c1ccc(P(c2ccccc2)[P+](CC[P+](c2ccccc2)(c2ccccc2)P(c2ccccc2)c2ccccc2)(c2ccccc2)c2ccccc2)cc1. The highest BCUT2D eigenvalue weighted by Gasteiger charge is 2.59. The lowest BCUT2D eigenvalue weighted by atomic mass is 10.4. The summed E-state index contributed by atoms with van der Waals surface area (Å²) in [7, 11) is -1.67. The Hall–Kier alpha value is -4.52. The van der Waals surface area contributed by atoms with Crippen LogP contribution < -0.4 is 42.4 Å². The number of benzene rings is 8. The van der Waals surface area contributed by atoms with E-state index in [1.54, 1.807) is 0 Å². The van der Waals surface area contributed by atoms with E-state index in [1.807, 2.05) is 0 Å². The summed E-state index contributed by atoms with van der Waals surface area (Å²) in [6, 6.07) is 92.3. The molecule has 0 fully saturated rings. The van der Waals surface area contributed by atoms with Crippen LogP contribution in [0.2, 0.25) is 0 Å². The highest BCUT2D eigenvalue weighted by molar-refractivity contribution is 8.51. The molecule has 0 heterocycles. The van der Waals surface area contributed by atoms with Crippen LogP contribution >= 0.6 is 29.1 Å². The van der Waals surface area contributed by atoms with Gasteiger partial charge in [-0.1, -0.05) is 194 Å². The van der Waals surface area contributed by atoms with Crippen molar-refractivity contribution in [3.8, 4) is 0 Å². The molecule has 54 heavy (non-hydrogen) atoms. The minimum atomic E-state index is -2.21. The molecule has 8 aromatic rings. The monoisotopic (exact) mass is 768 g/mol. The Morgan fingerprint density at radius 1 is 0.222 bits per heavy atom. The van der Waals surface area contributed by atoms with Crippen molar-refractivity contribution in [2.75, 3.05) is 12.3 Å². The molecule has 8 rings (SSSR count). The van der Waals surface area contributed by atoms with Gasteiger partial charge in [-0.2, -0.15) is 0 Å². The van der Waals surface area contributed by atoms with Crippen molar-refractivity contribution >= 4 is 71.6 Å². The lowest BCUT2D eigenvalue weighted by Gasteiger charge is -2.39. The number of hydrogen-bond donors (Lipinski definition) is 0. The van der Waals surface area contributed by atoms with E-state index >= 15 is 0 Å². The van der Waals surface area contributed by atoms with E-state index < -0.39 is 29.1 Å². The fourth-order valence-electron chi connectivity index (χ4n) is 7.83. The normalized spacial score (nSPS) is 11.8. The Morgan fingerprint density at radius 3 is 0.574 bits per heavy atom. The summed E-state index contributed by atoms with van der Waals surface area (Å²) >= 11 is 0. The molecule has 0 aliphatic heterocycles. The Kier molecular flexibility index (Phi) is 11.7. The fourth-order valence-corrected chi connectivity index (χ4v) is 33.3. The van der Waals surface area contributed by atoms with Crippen LogP contribution in [-0.4, -0.2) is 12.3 Å². The molecule has 262 valence electrons. The van der Waals surface area contributed by atoms with Crippen LogP contribution in [0.5, 0.6) is 0 Å². The third-order valence-corrected chi connectivity index (χ3v) is 32.2. The average molecular weight is 769 g/mol. The first-order chi connectivity index (χ1) is 26.8. The zero-order valence-electron chi connectivity index (χ0n) is 30.3. The molecule has 0 saturated carbocycles. The molecule has 8 aromatic carbocycles. The van der Waals surface area contributed by atoms with E-state index in [4.69, 9.17) is 0 Å². The Bertz CT molecular complexity index is 1980. The Morgan fingerprint density at radius 2 is 0.389 bits per heavy atom. The zero-order chi connectivity index (χ0) is 36.5. The molecule has 0 bridgehead atoms. The second-order valence-corrected chi connectivity index (χ2v) is 29.1. The molecule has 0 aliphatic carbocycles. The van der Waals surface area contributed by atoms with Crippen LogP contribution in [-0.2, 0) is 0 Å². The van der Waals surface area contributed by atoms with Gasteiger partial charge in [0.25, 0.3) is 0 Å². The molecule has 0 amide bonds. The highest BCUT2D eigenvalue weighted by Crippen LogP contribution is 2.86. The Labute approximate surface area is 325 Å². The summed E-state index contributed by atoms with van der Waals surface area (Å²) in [5, 5.41) is 11.7. The minimum Gasteiger partial charge on any atom is -0.0622 e. The molecule has 0 unspecified atom stereocenters. The van der Waals surface area contributed by atoms with Gasteiger partial charge < -0.3 is 0 Å². The molecule has 0 saturated heterocycles. The summed E-state index contributed by atoms with van der Waals surface area (Å²) < 4.78 is 0. The average Bonchev–Trinajstić information content (AvgIpc) is 3.27. The first kappa shape index (κ1) is 36.5. The van der Waals surface area contributed by atoms with Gasteiger partial charge in [-0.15, -0.1) is 0 Å². The van der Waals surface area contributed by atoms with Gasteiger partial charge >= 0.3 is 0 Å². The van der Waals surface area contributed by atoms with Crippen molar-refractivity contribution in [1.82, 2.24) is 0 Å². The van der Waals surface area contributed by atoms with Crippen molar-refractivity contribution < 1.29 is 0 Å². The van der Waals surface area contributed by atoms with Crippen molar-refractivity contribution in [3.63, 3.8) is 0 Å². The molecule has 0 atom stereocenters. The maximum absolute atomic E-state index is 2.45. The van der Waals surface area contributed by atoms with Gasteiger partial charge in [0.1, 0.15) is 62.7 Å². The minimum absolute atomic E-state index is 0.834. The molecule has 4 heteroatoms. The van der Waals surface area contributed by atoms with Crippen LogP contribution in [0.15, 0.2) is 243 Å². The lowest BCUT2D eigenvalue weighted by molar-refractivity contribution is 1.49. The van der Waals surface area contributed by atoms with Gasteiger partial charge in [0.2, 0.25) is 0 Å². The molecule has 0 aromatic heterocycles. The maximum atomic E-state index is 2.45. The fraction of sp³-hybridized carbons (Fsp3) is 0.0400. The van der Waals surface area contributed by atoms with Gasteiger partial charge in [-0.3, -0.25) is 0 Å². The first-order valence-corrected chi connectivity index (χ1v) is 26.6. The van der Waals surface area contributed by atoms with Crippen LogP contribution in [0.1, 0.15) is 0 Å². The molecule has 0 nitrogen and oxygen atoms in total. The maximum Gasteiger partial charge on any atom is 0.129 e. The second-order valence-electron chi connectivity index (χ2n) is 13.3. The summed E-state index contributed by atoms with van der Waals surface area (Å²) in [6.07, 6.45) is 2.15. The van der Waals surface area contributed by atoms with Crippen molar-refractivity contribution in [1.29, 1.82) is 0 Å². The quantitative estimate of drug-likeness (QED) is 0.103. The zero-order valence-corrected chi connectivity index (χ0v) is 33.9. The molecular formula is C50H44P4+2. The smallest absolute Gasteiger partial charge is 0.0622 e. The van der Waals surface area contributed by atoms with Crippen molar-refractivity contribution in [2.45, 2.75) is 0 Å². The summed E-state index contributed by atoms with van der Waals surface area (Å²) in [4.78, 5) is 0. The highest BCUT2D eigenvalue weighted by atomic mass is 32.1. The molecule has 0 radical (unpaired) electrons.